The second-order valence-corrected chi connectivity index (χ2v) is 6.23. The van der Waals surface area contributed by atoms with E-state index in [1.807, 2.05) is 7.05 Å². The number of rotatable bonds is 4. The Morgan fingerprint density at radius 3 is 2.53 bits per heavy atom. The van der Waals surface area contributed by atoms with Crippen LogP contribution in [0, 0.1) is 11.8 Å². The van der Waals surface area contributed by atoms with E-state index in [2.05, 4.69) is 18.7 Å². The highest BCUT2D eigenvalue weighted by Gasteiger charge is 2.48. The molecule has 0 aromatic rings. The van der Waals surface area contributed by atoms with Crippen LogP contribution in [0.4, 0.5) is 0 Å². The zero-order valence-corrected chi connectivity index (χ0v) is 11.3. The van der Waals surface area contributed by atoms with E-state index in [1.54, 1.807) is 0 Å². The standard InChI is InChI=1S/C14H25NO2/c1-10-5-4-8-14(9-10,13(16)17)15(3)11(2)12-6-7-12/h10-12H,4-9H2,1-3H3,(H,16,17). The minimum atomic E-state index is -0.612. The number of hydrogen-bond donors (Lipinski definition) is 1. The van der Waals surface area contributed by atoms with E-state index in [-0.39, 0.29) is 0 Å². The van der Waals surface area contributed by atoms with E-state index >= 15 is 0 Å². The lowest BCUT2D eigenvalue weighted by Crippen LogP contribution is -2.58. The smallest absolute Gasteiger partial charge is 0.324 e. The predicted molar refractivity (Wildman–Crippen MR) is 67.9 cm³/mol. The van der Waals surface area contributed by atoms with Gasteiger partial charge >= 0.3 is 5.97 Å². The number of nitrogens with zero attached hydrogens (tertiary/aromatic N) is 1. The molecule has 0 amide bonds. The Hall–Kier alpha value is -0.570. The van der Waals surface area contributed by atoms with Crippen LogP contribution in [0.5, 0.6) is 0 Å². The molecule has 98 valence electrons. The van der Waals surface area contributed by atoms with Crippen LogP contribution in [0.1, 0.15) is 52.4 Å². The molecule has 2 aliphatic carbocycles. The van der Waals surface area contributed by atoms with Gasteiger partial charge in [0.25, 0.3) is 0 Å². The van der Waals surface area contributed by atoms with E-state index in [4.69, 9.17) is 0 Å². The summed E-state index contributed by atoms with van der Waals surface area (Å²) < 4.78 is 0. The molecular formula is C14H25NO2. The molecule has 0 heterocycles. The second kappa shape index (κ2) is 4.60. The summed E-state index contributed by atoms with van der Waals surface area (Å²) in [6.07, 6.45) is 6.42. The lowest BCUT2D eigenvalue weighted by molar-refractivity contribution is -0.156. The summed E-state index contributed by atoms with van der Waals surface area (Å²) in [4.78, 5) is 13.9. The van der Waals surface area contributed by atoms with Gasteiger partial charge < -0.3 is 5.11 Å². The molecule has 0 bridgehead atoms. The maximum atomic E-state index is 11.8. The first-order valence-electron chi connectivity index (χ1n) is 6.93. The van der Waals surface area contributed by atoms with Crippen molar-refractivity contribution >= 4 is 5.97 Å². The molecule has 0 aromatic carbocycles. The number of aliphatic carboxylic acids is 1. The molecule has 0 aromatic heterocycles. The van der Waals surface area contributed by atoms with Crippen molar-refractivity contribution in [2.24, 2.45) is 11.8 Å². The number of hydrogen-bond acceptors (Lipinski definition) is 2. The van der Waals surface area contributed by atoms with Gasteiger partial charge in [0.05, 0.1) is 0 Å². The van der Waals surface area contributed by atoms with E-state index < -0.39 is 11.5 Å². The Morgan fingerprint density at radius 2 is 2.06 bits per heavy atom. The monoisotopic (exact) mass is 239 g/mol. The summed E-state index contributed by atoms with van der Waals surface area (Å²) in [5.74, 6) is 0.654. The SMILES string of the molecule is CC1CCCC(C(=O)O)(N(C)C(C)C2CC2)C1. The Balaban J connectivity index is 2.17. The van der Waals surface area contributed by atoms with Gasteiger partial charge in [0.1, 0.15) is 5.54 Å². The third-order valence-electron chi connectivity index (χ3n) is 4.96. The van der Waals surface area contributed by atoms with E-state index in [0.717, 1.165) is 25.2 Å². The summed E-state index contributed by atoms with van der Waals surface area (Å²) in [6, 6.07) is 0.413. The Bertz CT molecular complexity index is 301. The van der Waals surface area contributed by atoms with E-state index in [1.165, 1.54) is 19.3 Å². The van der Waals surface area contributed by atoms with Crippen molar-refractivity contribution < 1.29 is 9.90 Å². The van der Waals surface area contributed by atoms with Crippen molar-refractivity contribution in [3.05, 3.63) is 0 Å². The molecule has 2 saturated carbocycles. The number of likely N-dealkylation sites (N-methyl/N-ethyl adjacent to an activating group) is 1. The van der Waals surface area contributed by atoms with Crippen LogP contribution in [0.25, 0.3) is 0 Å². The largest absolute Gasteiger partial charge is 0.480 e. The van der Waals surface area contributed by atoms with Gasteiger partial charge in [-0.15, -0.1) is 0 Å². The Kier molecular flexibility index (Phi) is 3.48. The number of carbonyl (C=O) groups is 1. The fourth-order valence-electron chi connectivity index (χ4n) is 3.47. The van der Waals surface area contributed by atoms with E-state index in [0.29, 0.717) is 12.0 Å². The van der Waals surface area contributed by atoms with Gasteiger partial charge in [-0.1, -0.05) is 19.8 Å². The van der Waals surface area contributed by atoms with Crippen molar-refractivity contribution in [2.75, 3.05) is 7.05 Å². The second-order valence-electron chi connectivity index (χ2n) is 6.23. The maximum absolute atomic E-state index is 11.8. The zero-order chi connectivity index (χ0) is 12.6. The summed E-state index contributed by atoms with van der Waals surface area (Å²) in [6.45, 7) is 4.38. The minimum absolute atomic E-state index is 0.413. The van der Waals surface area contributed by atoms with Crippen molar-refractivity contribution in [3.8, 4) is 0 Å². The topological polar surface area (TPSA) is 40.5 Å². The lowest BCUT2D eigenvalue weighted by Gasteiger charge is -2.46. The molecule has 17 heavy (non-hydrogen) atoms. The molecule has 0 spiro atoms. The molecule has 2 aliphatic rings. The van der Waals surface area contributed by atoms with Crippen LogP contribution >= 0.6 is 0 Å². The Labute approximate surface area is 104 Å². The minimum Gasteiger partial charge on any atom is -0.480 e. The van der Waals surface area contributed by atoms with Crippen LogP contribution in [0.15, 0.2) is 0 Å². The van der Waals surface area contributed by atoms with Gasteiger partial charge in [-0.25, -0.2) is 0 Å². The summed E-state index contributed by atoms with van der Waals surface area (Å²) >= 11 is 0. The van der Waals surface area contributed by atoms with Gasteiger partial charge in [0.2, 0.25) is 0 Å². The summed E-state index contributed by atoms with van der Waals surface area (Å²) in [7, 11) is 2.02. The third-order valence-corrected chi connectivity index (χ3v) is 4.96. The molecule has 0 radical (unpaired) electrons. The predicted octanol–water partition coefficient (Wildman–Crippen LogP) is 2.75. The van der Waals surface area contributed by atoms with Crippen LogP contribution in [-0.2, 0) is 4.79 Å². The highest BCUT2D eigenvalue weighted by atomic mass is 16.4. The average Bonchev–Trinajstić information content (AvgIpc) is 3.10. The highest BCUT2D eigenvalue weighted by Crippen LogP contribution is 2.42. The Morgan fingerprint density at radius 1 is 1.41 bits per heavy atom. The molecule has 0 saturated heterocycles. The van der Waals surface area contributed by atoms with Gasteiger partial charge in [-0.3, -0.25) is 9.69 Å². The van der Waals surface area contributed by atoms with Crippen molar-refractivity contribution in [1.82, 2.24) is 4.90 Å². The molecule has 0 aliphatic heterocycles. The first kappa shape index (κ1) is 12.9. The van der Waals surface area contributed by atoms with Crippen LogP contribution in [0.3, 0.4) is 0 Å². The highest BCUT2D eigenvalue weighted by molar-refractivity contribution is 5.79. The van der Waals surface area contributed by atoms with Gasteiger partial charge in [-0.2, -0.15) is 0 Å². The molecule has 3 heteroatoms. The molecular weight excluding hydrogens is 214 g/mol. The summed E-state index contributed by atoms with van der Waals surface area (Å²) in [5, 5.41) is 9.69. The number of carboxylic acid groups (broad SMARTS) is 1. The molecule has 1 N–H and O–H groups in total. The van der Waals surface area contributed by atoms with Gasteiger partial charge in [-0.05, 0) is 51.5 Å². The van der Waals surface area contributed by atoms with Crippen molar-refractivity contribution in [2.45, 2.75) is 64.0 Å². The normalized spacial score (nSPS) is 35.9. The quantitative estimate of drug-likeness (QED) is 0.820. The number of carboxylic acids is 1. The lowest BCUT2D eigenvalue weighted by atomic mass is 9.74. The molecule has 2 rings (SSSR count). The molecule has 3 unspecified atom stereocenters. The maximum Gasteiger partial charge on any atom is 0.324 e. The average molecular weight is 239 g/mol. The first-order valence-corrected chi connectivity index (χ1v) is 6.93. The third kappa shape index (κ3) is 2.35. The molecule has 2 fully saturated rings. The molecule has 3 atom stereocenters. The fraction of sp³-hybridized carbons (Fsp3) is 0.929. The van der Waals surface area contributed by atoms with E-state index in [9.17, 15) is 9.90 Å². The first-order chi connectivity index (χ1) is 7.97. The van der Waals surface area contributed by atoms with Crippen molar-refractivity contribution in [3.63, 3.8) is 0 Å². The van der Waals surface area contributed by atoms with Gasteiger partial charge in [0, 0.05) is 6.04 Å². The van der Waals surface area contributed by atoms with Crippen LogP contribution in [0.2, 0.25) is 0 Å². The van der Waals surface area contributed by atoms with Gasteiger partial charge in [0.15, 0.2) is 0 Å². The zero-order valence-electron chi connectivity index (χ0n) is 11.3. The van der Waals surface area contributed by atoms with Crippen LogP contribution < -0.4 is 0 Å². The van der Waals surface area contributed by atoms with Crippen LogP contribution in [-0.4, -0.2) is 34.6 Å². The molecule has 3 nitrogen and oxygen atoms in total. The van der Waals surface area contributed by atoms with Crippen molar-refractivity contribution in [1.29, 1.82) is 0 Å². The fourth-order valence-corrected chi connectivity index (χ4v) is 3.47. The summed E-state index contributed by atoms with van der Waals surface area (Å²) in [5.41, 5.74) is -0.598.